The van der Waals surface area contributed by atoms with Gasteiger partial charge in [0.05, 0.1) is 16.9 Å². The van der Waals surface area contributed by atoms with Gasteiger partial charge in [-0.15, -0.1) is 12.4 Å². The van der Waals surface area contributed by atoms with Gasteiger partial charge >= 0.3 is 0 Å². The molecule has 1 aromatic rings. The number of halogens is 1. The van der Waals surface area contributed by atoms with Gasteiger partial charge < -0.3 is 15.8 Å². The van der Waals surface area contributed by atoms with E-state index in [1.165, 1.54) is 12.1 Å². The number of ether oxygens (including phenoxy) is 1. The van der Waals surface area contributed by atoms with E-state index in [9.17, 15) is 13.2 Å². The molecule has 8 heteroatoms. The van der Waals surface area contributed by atoms with Crippen LogP contribution >= 0.6 is 12.4 Å². The molecule has 6 nitrogen and oxygen atoms in total. The van der Waals surface area contributed by atoms with Crippen molar-refractivity contribution in [2.45, 2.75) is 31.6 Å². The molecule has 0 fully saturated rings. The van der Waals surface area contributed by atoms with Gasteiger partial charge in [-0.1, -0.05) is 13.8 Å². The molecule has 1 amide bonds. The van der Waals surface area contributed by atoms with Crippen LogP contribution in [-0.2, 0) is 14.6 Å². The fraction of sp³-hybridized carbons (Fsp3) is 0.562. The average Bonchev–Trinajstić information content (AvgIpc) is 2.53. The predicted octanol–water partition coefficient (Wildman–Crippen LogP) is 1.77. The lowest BCUT2D eigenvalue weighted by Crippen LogP contribution is -2.46. The number of carbonyl (C=O) groups excluding carboxylic acids is 1. The largest absolute Gasteiger partial charge is 0.492 e. The number of sulfone groups is 1. The fourth-order valence-electron chi connectivity index (χ4n) is 2.26. The van der Waals surface area contributed by atoms with Gasteiger partial charge in [0.25, 0.3) is 0 Å². The Labute approximate surface area is 150 Å². The van der Waals surface area contributed by atoms with Gasteiger partial charge in [0.1, 0.15) is 12.4 Å². The Kier molecular flexibility index (Phi) is 9.32. The van der Waals surface area contributed by atoms with E-state index in [-0.39, 0.29) is 23.2 Å². The molecule has 3 N–H and O–H groups in total. The van der Waals surface area contributed by atoms with Crippen LogP contribution in [0.2, 0.25) is 0 Å². The molecule has 0 unspecified atom stereocenters. The van der Waals surface area contributed by atoms with Crippen LogP contribution < -0.4 is 15.8 Å². The third-order valence-corrected chi connectivity index (χ3v) is 5.26. The van der Waals surface area contributed by atoms with E-state index in [4.69, 9.17) is 10.5 Å². The number of amides is 1. The zero-order chi connectivity index (χ0) is 17.5. The highest BCUT2D eigenvalue weighted by molar-refractivity contribution is 7.90. The van der Waals surface area contributed by atoms with Crippen LogP contribution in [0.25, 0.3) is 0 Å². The van der Waals surface area contributed by atoms with Gasteiger partial charge in [-0.25, -0.2) is 8.42 Å². The van der Waals surface area contributed by atoms with E-state index >= 15 is 0 Å². The zero-order valence-corrected chi connectivity index (χ0v) is 16.0. The first kappa shape index (κ1) is 22.7. The summed E-state index contributed by atoms with van der Waals surface area (Å²) in [5.41, 5.74) is 5.22. The number of nitrogens with one attached hydrogen (secondary N) is 1. The monoisotopic (exact) mass is 378 g/mol. The molecule has 0 radical (unpaired) electrons. The molecule has 0 aliphatic rings. The second kappa shape index (κ2) is 9.86. The van der Waals surface area contributed by atoms with Crippen molar-refractivity contribution in [2.75, 3.05) is 26.0 Å². The Hall–Kier alpha value is -1.31. The number of carbonyl (C=O) groups is 1. The average molecular weight is 379 g/mol. The van der Waals surface area contributed by atoms with E-state index in [2.05, 4.69) is 5.32 Å². The number of hydrogen-bond donors (Lipinski definition) is 2. The molecular formula is C16H27ClN2O4S. The van der Waals surface area contributed by atoms with Crippen molar-refractivity contribution in [1.82, 2.24) is 5.32 Å². The van der Waals surface area contributed by atoms with E-state index in [1.807, 2.05) is 13.8 Å². The normalized spacial score (nSPS) is 11.5. The highest BCUT2D eigenvalue weighted by Crippen LogP contribution is 2.24. The summed E-state index contributed by atoms with van der Waals surface area (Å²) in [5.74, 6) is 0.503. The fourth-order valence-corrected chi connectivity index (χ4v) is 2.89. The summed E-state index contributed by atoms with van der Waals surface area (Å²) in [7, 11) is -3.21. The smallest absolute Gasteiger partial charge is 0.227 e. The van der Waals surface area contributed by atoms with E-state index < -0.39 is 15.3 Å². The molecule has 138 valence electrons. The lowest BCUT2D eigenvalue weighted by molar-refractivity contribution is -0.131. The molecule has 0 heterocycles. The van der Waals surface area contributed by atoms with Crippen molar-refractivity contribution in [3.05, 3.63) is 24.3 Å². The van der Waals surface area contributed by atoms with Crippen LogP contribution in [0, 0.1) is 5.41 Å². The standard InChI is InChI=1S/C16H26N2O4S.ClH/c1-4-16(5-2,12-17)15(19)18-10-11-22-13-6-8-14(9-7-13)23(3,20)21;/h6-9H,4-5,10-12,17H2,1-3H3,(H,18,19);1H. The van der Waals surface area contributed by atoms with Crippen LogP contribution in [0.3, 0.4) is 0 Å². The number of hydrogen-bond acceptors (Lipinski definition) is 5. The maximum atomic E-state index is 12.2. The van der Waals surface area contributed by atoms with Crippen LogP contribution in [0.15, 0.2) is 29.2 Å². The lowest BCUT2D eigenvalue weighted by Gasteiger charge is -2.28. The Balaban J connectivity index is 0.00000529. The van der Waals surface area contributed by atoms with Crippen LogP contribution in [-0.4, -0.2) is 40.3 Å². The van der Waals surface area contributed by atoms with Crippen molar-refractivity contribution in [2.24, 2.45) is 11.1 Å². The van der Waals surface area contributed by atoms with Crippen molar-refractivity contribution in [3.8, 4) is 5.75 Å². The SMILES string of the molecule is CCC(CC)(CN)C(=O)NCCOc1ccc(S(C)(=O)=O)cc1.Cl. The quantitative estimate of drug-likeness (QED) is 0.638. The summed E-state index contributed by atoms with van der Waals surface area (Å²) in [6, 6.07) is 6.19. The topological polar surface area (TPSA) is 98.5 Å². The third-order valence-electron chi connectivity index (χ3n) is 4.13. The molecule has 0 spiro atoms. The minimum Gasteiger partial charge on any atom is -0.492 e. The highest BCUT2D eigenvalue weighted by atomic mass is 35.5. The van der Waals surface area contributed by atoms with Crippen molar-refractivity contribution in [1.29, 1.82) is 0 Å². The van der Waals surface area contributed by atoms with Crippen LogP contribution in [0.1, 0.15) is 26.7 Å². The van der Waals surface area contributed by atoms with Gasteiger partial charge in [0, 0.05) is 12.8 Å². The minimum absolute atomic E-state index is 0. The highest BCUT2D eigenvalue weighted by Gasteiger charge is 2.32. The van der Waals surface area contributed by atoms with Gasteiger partial charge in [-0.05, 0) is 37.1 Å². The Bertz CT molecular complexity index is 605. The first-order chi connectivity index (χ1) is 10.8. The molecule has 0 saturated carbocycles. The summed E-state index contributed by atoms with van der Waals surface area (Å²) in [5, 5.41) is 2.84. The predicted molar refractivity (Wildman–Crippen MR) is 97.4 cm³/mol. The molecule has 0 bridgehead atoms. The van der Waals surface area contributed by atoms with E-state index in [1.54, 1.807) is 12.1 Å². The Morgan fingerprint density at radius 2 is 1.75 bits per heavy atom. The minimum atomic E-state index is -3.21. The summed E-state index contributed by atoms with van der Waals surface area (Å²) in [4.78, 5) is 12.5. The maximum absolute atomic E-state index is 12.2. The number of nitrogens with two attached hydrogens (primary N) is 1. The van der Waals surface area contributed by atoms with Crippen molar-refractivity contribution < 1.29 is 17.9 Å². The molecule has 0 saturated heterocycles. The van der Waals surface area contributed by atoms with Gasteiger partial charge in [-0.3, -0.25) is 4.79 Å². The summed E-state index contributed by atoms with van der Waals surface area (Å²) in [6.07, 6.45) is 2.54. The number of rotatable bonds is 9. The molecule has 0 aliphatic carbocycles. The molecule has 0 aromatic heterocycles. The lowest BCUT2D eigenvalue weighted by atomic mass is 9.81. The zero-order valence-electron chi connectivity index (χ0n) is 14.4. The molecule has 0 aliphatic heterocycles. The molecule has 1 aromatic carbocycles. The van der Waals surface area contributed by atoms with E-state index in [0.29, 0.717) is 38.3 Å². The Morgan fingerprint density at radius 1 is 1.21 bits per heavy atom. The Morgan fingerprint density at radius 3 is 2.17 bits per heavy atom. The van der Waals surface area contributed by atoms with Crippen molar-refractivity contribution in [3.63, 3.8) is 0 Å². The van der Waals surface area contributed by atoms with Gasteiger partial charge in [0.2, 0.25) is 5.91 Å². The van der Waals surface area contributed by atoms with Crippen molar-refractivity contribution >= 4 is 28.2 Å². The van der Waals surface area contributed by atoms with Crippen LogP contribution in [0.4, 0.5) is 0 Å². The molecular weight excluding hydrogens is 352 g/mol. The summed E-state index contributed by atoms with van der Waals surface area (Å²) in [6.45, 7) is 4.90. The molecule has 1 rings (SSSR count). The first-order valence-corrected chi connectivity index (χ1v) is 9.59. The second-order valence-corrected chi connectivity index (χ2v) is 7.56. The second-order valence-electron chi connectivity index (χ2n) is 5.54. The van der Waals surface area contributed by atoms with Crippen LogP contribution in [0.5, 0.6) is 5.75 Å². The first-order valence-electron chi connectivity index (χ1n) is 7.70. The third kappa shape index (κ3) is 5.96. The summed E-state index contributed by atoms with van der Waals surface area (Å²) >= 11 is 0. The number of benzene rings is 1. The molecule has 24 heavy (non-hydrogen) atoms. The molecule has 0 atom stereocenters. The van der Waals surface area contributed by atoms with Gasteiger partial charge in [-0.2, -0.15) is 0 Å². The van der Waals surface area contributed by atoms with Gasteiger partial charge in [0.15, 0.2) is 9.84 Å². The maximum Gasteiger partial charge on any atom is 0.227 e. The van der Waals surface area contributed by atoms with E-state index in [0.717, 1.165) is 6.26 Å². The summed E-state index contributed by atoms with van der Waals surface area (Å²) < 4.78 is 28.2.